The van der Waals surface area contributed by atoms with Crippen molar-refractivity contribution in [1.82, 2.24) is 19.8 Å². The minimum Gasteiger partial charge on any atom is -0.444 e. The minimum absolute atomic E-state index is 0.0244. The van der Waals surface area contributed by atoms with Crippen molar-refractivity contribution in [3.8, 4) is 0 Å². The number of aromatic nitrogens is 2. The fraction of sp³-hybridized carbons (Fsp3) is 0.750. The number of amides is 1. The summed E-state index contributed by atoms with van der Waals surface area (Å²) in [5, 5.41) is 3.37. The Labute approximate surface area is 138 Å². The van der Waals surface area contributed by atoms with Crippen LogP contribution < -0.4 is 5.32 Å². The lowest BCUT2D eigenvalue weighted by Gasteiger charge is -2.36. The van der Waals surface area contributed by atoms with Gasteiger partial charge < -0.3 is 19.4 Å². The molecule has 0 spiro atoms. The molecule has 7 nitrogen and oxygen atoms in total. The standard InChI is InChI=1S/C16H28N4O3/c1-5-19-7-6-18-14(19)11-17-10-13-12-22-9-8-20(13)15(21)23-16(2,3)4/h6-7,13,17H,5,8-12H2,1-4H3. The molecule has 1 aromatic rings. The van der Waals surface area contributed by atoms with Crippen LogP contribution in [0.4, 0.5) is 4.79 Å². The first-order valence-electron chi connectivity index (χ1n) is 8.19. The number of hydrogen-bond acceptors (Lipinski definition) is 5. The zero-order chi connectivity index (χ0) is 16.9. The van der Waals surface area contributed by atoms with Crippen LogP contribution in [0.25, 0.3) is 0 Å². The lowest BCUT2D eigenvalue weighted by atomic mass is 10.2. The molecule has 1 atom stereocenters. The van der Waals surface area contributed by atoms with E-state index < -0.39 is 5.60 Å². The summed E-state index contributed by atoms with van der Waals surface area (Å²) >= 11 is 0. The molecule has 0 bridgehead atoms. The van der Waals surface area contributed by atoms with E-state index in [1.54, 1.807) is 11.1 Å². The van der Waals surface area contributed by atoms with Gasteiger partial charge in [0.2, 0.25) is 0 Å². The maximum Gasteiger partial charge on any atom is 0.410 e. The quantitative estimate of drug-likeness (QED) is 0.891. The van der Waals surface area contributed by atoms with Crippen molar-refractivity contribution in [3.63, 3.8) is 0 Å². The lowest BCUT2D eigenvalue weighted by molar-refractivity contribution is -0.0318. The van der Waals surface area contributed by atoms with Crippen LogP contribution in [0.15, 0.2) is 12.4 Å². The maximum atomic E-state index is 12.3. The summed E-state index contributed by atoms with van der Waals surface area (Å²) in [4.78, 5) is 18.4. The van der Waals surface area contributed by atoms with Gasteiger partial charge in [0, 0.05) is 32.0 Å². The smallest absolute Gasteiger partial charge is 0.410 e. The summed E-state index contributed by atoms with van der Waals surface area (Å²) in [6.07, 6.45) is 3.49. The number of morpholine rings is 1. The monoisotopic (exact) mass is 324 g/mol. The molecule has 0 radical (unpaired) electrons. The zero-order valence-electron chi connectivity index (χ0n) is 14.5. The number of imidazole rings is 1. The molecule has 2 heterocycles. The van der Waals surface area contributed by atoms with Crippen molar-refractivity contribution in [2.75, 3.05) is 26.3 Å². The normalized spacial score (nSPS) is 19.0. The van der Waals surface area contributed by atoms with Gasteiger partial charge in [-0.2, -0.15) is 0 Å². The molecule has 7 heteroatoms. The number of carbonyl (C=O) groups excluding carboxylic acids is 1. The summed E-state index contributed by atoms with van der Waals surface area (Å²) in [7, 11) is 0. The molecule has 1 fully saturated rings. The van der Waals surface area contributed by atoms with Crippen LogP contribution in [0.1, 0.15) is 33.5 Å². The second-order valence-corrected chi connectivity index (χ2v) is 6.66. The average molecular weight is 324 g/mol. The van der Waals surface area contributed by atoms with E-state index >= 15 is 0 Å². The molecule has 1 aliphatic rings. The minimum atomic E-state index is -0.487. The van der Waals surface area contributed by atoms with Gasteiger partial charge in [0.15, 0.2) is 0 Å². The number of hydrogen-bond donors (Lipinski definition) is 1. The molecule has 0 aliphatic carbocycles. The first kappa shape index (κ1) is 17.7. The molecule has 1 N–H and O–H groups in total. The van der Waals surface area contributed by atoms with Gasteiger partial charge in [0.05, 0.1) is 25.8 Å². The summed E-state index contributed by atoms with van der Waals surface area (Å²) in [5.41, 5.74) is -0.487. The number of carbonyl (C=O) groups is 1. The Bertz CT molecular complexity index is 510. The zero-order valence-corrected chi connectivity index (χ0v) is 14.5. The number of ether oxygens (including phenoxy) is 2. The highest BCUT2D eigenvalue weighted by atomic mass is 16.6. The number of aryl methyl sites for hydroxylation is 1. The first-order valence-corrected chi connectivity index (χ1v) is 8.19. The Morgan fingerprint density at radius 1 is 1.52 bits per heavy atom. The van der Waals surface area contributed by atoms with E-state index in [4.69, 9.17) is 9.47 Å². The molecule has 2 rings (SSSR count). The van der Waals surface area contributed by atoms with Gasteiger partial charge in [0.1, 0.15) is 11.4 Å². The Morgan fingerprint density at radius 2 is 2.30 bits per heavy atom. The summed E-state index contributed by atoms with van der Waals surface area (Å²) < 4.78 is 13.1. The van der Waals surface area contributed by atoms with E-state index in [-0.39, 0.29) is 12.1 Å². The second kappa shape index (κ2) is 7.79. The van der Waals surface area contributed by atoms with Crippen LogP contribution in [0.3, 0.4) is 0 Å². The summed E-state index contributed by atoms with van der Waals surface area (Å²) in [5.74, 6) is 0.994. The molecule has 1 aliphatic heterocycles. The topological polar surface area (TPSA) is 68.6 Å². The van der Waals surface area contributed by atoms with E-state index in [1.807, 2.05) is 27.0 Å². The first-order chi connectivity index (χ1) is 10.9. The lowest BCUT2D eigenvalue weighted by Crippen LogP contribution is -2.54. The van der Waals surface area contributed by atoms with Crippen molar-refractivity contribution < 1.29 is 14.3 Å². The SMILES string of the molecule is CCn1ccnc1CNCC1COCCN1C(=O)OC(C)(C)C. The van der Waals surface area contributed by atoms with E-state index in [9.17, 15) is 4.79 Å². The van der Waals surface area contributed by atoms with E-state index in [0.29, 0.717) is 32.8 Å². The average Bonchev–Trinajstić information content (AvgIpc) is 2.93. The number of nitrogens with zero attached hydrogens (tertiary/aromatic N) is 3. The maximum absolute atomic E-state index is 12.3. The largest absolute Gasteiger partial charge is 0.444 e. The molecule has 0 aromatic carbocycles. The molecule has 1 unspecified atom stereocenters. The van der Waals surface area contributed by atoms with E-state index in [1.165, 1.54) is 0 Å². The second-order valence-electron chi connectivity index (χ2n) is 6.66. The van der Waals surface area contributed by atoms with Crippen LogP contribution in [-0.4, -0.2) is 58.5 Å². The van der Waals surface area contributed by atoms with Crippen LogP contribution in [0.5, 0.6) is 0 Å². The molecule has 1 aromatic heterocycles. The number of nitrogens with one attached hydrogen (secondary N) is 1. The van der Waals surface area contributed by atoms with Crippen LogP contribution in [0.2, 0.25) is 0 Å². The van der Waals surface area contributed by atoms with Gasteiger partial charge in [-0.1, -0.05) is 0 Å². The van der Waals surface area contributed by atoms with Crippen molar-refractivity contribution in [2.24, 2.45) is 0 Å². The molecule has 130 valence electrons. The highest BCUT2D eigenvalue weighted by molar-refractivity contribution is 5.68. The van der Waals surface area contributed by atoms with Gasteiger partial charge in [-0.05, 0) is 27.7 Å². The van der Waals surface area contributed by atoms with Gasteiger partial charge >= 0.3 is 6.09 Å². The van der Waals surface area contributed by atoms with Crippen LogP contribution in [-0.2, 0) is 22.6 Å². The molecule has 1 saturated heterocycles. The predicted molar refractivity (Wildman–Crippen MR) is 87.2 cm³/mol. The predicted octanol–water partition coefficient (Wildman–Crippen LogP) is 1.63. The van der Waals surface area contributed by atoms with Crippen molar-refractivity contribution in [3.05, 3.63) is 18.2 Å². The molecule has 23 heavy (non-hydrogen) atoms. The molecule has 1 amide bonds. The van der Waals surface area contributed by atoms with Gasteiger partial charge in [0.25, 0.3) is 0 Å². The highest BCUT2D eigenvalue weighted by Crippen LogP contribution is 2.14. The third kappa shape index (κ3) is 5.21. The Balaban J connectivity index is 1.87. The summed E-state index contributed by atoms with van der Waals surface area (Å²) in [6, 6.07) is -0.0244. The van der Waals surface area contributed by atoms with Crippen LogP contribution >= 0.6 is 0 Å². The molecule has 0 saturated carbocycles. The fourth-order valence-electron chi connectivity index (χ4n) is 2.53. The third-order valence-electron chi connectivity index (χ3n) is 3.66. The van der Waals surface area contributed by atoms with Crippen molar-refractivity contribution in [1.29, 1.82) is 0 Å². The third-order valence-corrected chi connectivity index (χ3v) is 3.66. The Hall–Kier alpha value is -1.60. The Morgan fingerprint density at radius 3 is 3.00 bits per heavy atom. The number of rotatable bonds is 5. The van der Waals surface area contributed by atoms with Gasteiger partial charge in [-0.15, -0.1) is 0 Å². The van der Waals surface area contributed by atoms with Crippen LogP contribution in [0, 0.1) is 0 Å². The van der Waals surface area contributed by atoms with E-state index in [2.05, 4.69) is 21.8 Å². The van der Waals surface area contributed by atoms with Crippen molar-refractivity contribution in [2.45, 2.75) is 52.4 Å². The highest BCUT2D eigenvalue weighted by Gasteiger charge is 2.30. The van der Waals surface area contributed by atoms with Gasteiger partial charge in [-0.3, -0.25) is 4.90 Å². The Kier molecular flexibility index (Phi) is 6.01. The van der Waals surface area contributed by atoms with Crippen molar-refractivity contribution >= 4 is 6.09 Å². The fourth-order valence-corrected chi connectivity index (χ4v) is 2.53. The summed E-state index contributed by atoms with van der Waals surface area (Å²) in [6.45, 7) is 11.6. The van der Waals surface area contributed by atoms with E-state index in [0.717, 1.165) is 12.4 Å². The molecular weight excluding hydrogens is 296 g/mol. The molecular formula is C16H28N4O3. The van der Waals surface area contributed by atoms with Gasteiger partial charge in [-0.25, -0.2) is 9.78 Å².